The number of amides is 2. The topological polar surface area (TPSA) is 79.4 Å². The van der Waals surface area contributed by atoms with E-state index in [4.69, 9.17) is 27.3 Å². The molecule has 33 heavy (non-hydrogen) atoms. The standard InChI is InChI=1S/C25H29N5O2S/c1-16-6-4-5-7-20(16)23(33)21-14-22(30-12-13-32-15-17(30)2)29-24(28-21)18-8-10-19(11-9-18)27-25(31)26-3/h4-11,14,17,23,33H,12-13,15H2,1-3H3,(H2,26,27,31)/t17-,23?/m0/s1. The van der Waals surface area contributed by atoms with Crippen LogP contribution >= 0.6 is 12.6 Å². The Bertz CT molecular complexity index is 1120. The first-order valence-corrected chi connectivity index (χ1v) is 11.5. The highest BCUT2D eigenvalue weighted by molar-refractivity contribution is 7.80. The van der Waals surface area contributed by atoms with E-state index in [0.717, 1.165) is 29.2 Å². The predicted octanol–water partition coefficient (Wildman–Crippen LogP) is 4.45. The summed E-state index contributed by atoms with van der Waals surface area (Å²) in [4.78, 5) is 23.7. The molecule has 4 rings (SSSR count). The second-order valence-electron chi connectivity index (χ2n) is 8.13. The average Bonchev–Trinajstić information content (AvgIpc) is 2.84. The predicted molar refractivity (Wildman–Crippen MR) is 135 cm³/mol. The Kier molecular flexibility index (Phi) is 7.15. The lowest BCUT2D eigenvalue weighted by atomic mass is 10.0. The highest BCUT2D eigenvalue weighted by atomic mass is 32.1. The van der Waals surface area contributed by atoms with E-state index in [1.165, 1.54) is 5.56 Å². The van der Waals surface area contributed by atoms with Gasteiger partial charge in [-0.2, -0.15) is 12.6 Å². The molecule has 0 aliphatic carbocycles. The minimum absolute atomic E-state index is 0.183. The zero-order valence-corrected chi connectivity index (χ0v) is 20.0. The molecule has 1 saturated heterocycles. The number of hydrogen-bond donors (Lipinski definition) is 3. The minimum atomic E-state index is -0.263. The number of nitrogens with zero attached hydrogens (tertiary/aromatic N) is 3. The van der Waals surface area contributed by atoms with Gasteiger partial charge in [0.15, 0.2) is 5.82 Å². The minimum Gasteiger partial charge on any atom is -0.377 e. The fourth-order valence-corrected chi connectivity index (χ4v) is 4.31. The molecule has 7 nitrogen and oxygen atoms in total. The molecule has 0 saturated carbocycles. The van der Waals surface area contributed by atoms with E-state index in [2.05, 4.69) is 41.5 Å². The van der Waals surface area contributed by atoms with Crippen molar-refractivity contribution >= 4 is 30.2 Å². The van der Waals surface area contributed by atoms with Crippen LogP contribution < -0.4 is 15.5 Å². The van der Waals surface area contributed by atoms with Gasteiger partial charge in [0.2, 0.25) is 0 Å². The molecule has 1 aliphatic rings. The third-order valence-electron chi connectivity index (χ3n) is 5.79. The van der Waals surface area contributed by atoms with Crippen molar-refractivity contribution in [2.45, 2.75) is 25.1 Å². The van der Waals surface area contributed by atoms with E-state index in [0.29, 0.717) is 24.7 Å². The zero-order valence-electron chi connectivity index (χ0n) is 19.1. The monoisotopic (exact) mass is 463 g/mol. The van der Waals surface area contributed by atoms with E-state index >= 15 is 0 Å². The van der Waals surface area contributed by atoms with Gasteiger partial charge < -0.3 is 20.3 Å². The molecule has 8 heteroatoms. The number of aryl methyl sites for hydroxylation is 1. The molecule has 2 aromatic carbocycles. The van der Waals surface area contributed by atoms with Crippen LogP contribution in [-0.2, 0) is 4.74 Å². The van der Waals surface area contributed by atoms with Gasteiger partial charge in [-0.1, -0.05) is 24.3 Å². The average molecular weight is 464 g/mol. The number of nitrogens with one attached hydrogen (secondary N) is 2. The molecule has 172 valence electrons. The van der Waals surface area contributed by atoms with Gasteiger partial charge in [0, 0.05) is 30.9 Å². The highest BCUT2D eigenvalue weighted by Gasteiger charge is 2.24. The Balaban J connectivity index is 1.74. The van der Waals surface area contributed by atoms with Gasteiger partial charge in [-0.05, 0) is 49.2 Å². The van der Waals surface area contributed by atoms with Gasteiger partial charge in [0.25, 0.3) is 0 Å². The molecule has 1 fully saturated rings. The van der Waals surface area contributed by atoms with Crippen molar-refractivity contribution in [3.63, 3.8) is 0 Å². The first kappa shape index (κ1) is 23.1. The van der Waals surface area contributed by atoms with Crippen molar-refractivity contribution in [3.05, 3.63) is 71.4 Å². The van der Waals surface area contributed by atoms with Crippen LogP contribution in [0.2, 0.25) is 0 Å². The lowest BCUT2D eigenvalue weighted by Gasteiger charge is -2.34. The number of carbonyl (C=O) groups excluding carboxylic acids is 1. The lowest BCUT2D eigenvalue weighted by molar-refractivity contribution is 0.0985. The molecular weight excluding hydrogens is 434 g/mol. The second kappa shape index (κ2) is 10.2. The van der Waals surface area contributed by atoms with Gasteiger partial charge in [-0.25, -0.2) is 14.8 Å². The number of morpholine rings is 1. The summed E-state index contributed by atoms with van der Waals surface area (Å²) >= 11 is 4.95. The van der Waals surface area contributed by atoms with Gasteiger partial charge >= 0.3 is 6.03 Å². The number of ether oxygens (including phenoxy) is 1. The number of rotatable bonds is 5. The van der Waals surface area contributed by atoms with Crippen LogP contribution in [-0.4, -0.2) is 48.8 Å². The molecule has 0 spiro atoms. The second-order valence-corrected chi connectivity index (χ2v) is 8.65. The molecule has 1 aromatic heterocycles. The molecule has 0 bridgehead atoms. The number of anilines is 2. The molecule has 2 N–H and O–H groups in total. The summed E-state index contributed by atoms with van der Waals surface area (Å²) in [6, 6.07) is 17.7. The number of carbonyl (C=O) groups is 1. The Morgan fingerprint density at radius 2 is 1.94 bits per heavy atom. The van der Waals surface area contributed by atoms with Crippen molar-refractivity contribution in [3.8, 4) is 11.4 Å². The molecule has 2 atom stereocenters. The molecule has 2 heterocycles. The summed E-state index contributed by atoms with van der Waals surface area (Å²) in [6.07, 6.45) is 0. The van der Waals surface area contributed by atoms with Crippen LogP contribution in [0.1, 0.15) is 29.0 Å². The van der Waals surface area contributed by atoms with Crippen molar-refractivity contribution < 1.29 is 9.53 Å². The van der Waals surface area contributed by atoms with Crippen LogP contribution in [0.15, 0.2) is 54.6 Å². The van der Waals surface area contributed by atoms with E-state index in [1.54, 1.807) is 7.05 Å². The molecule has 0 radical (unpaired) electrons. The summed E-state index contributed by atoms with van der Waals surface area (Å²) in [5.74, 6) is 1.49. The maximum Gasteiger partial charge on any atom is 0.318 e. The molecule has 3 aromatic rings. The summed E-state index contributed by atoms with van der Waals surface area (Å²) < 4.78 is 5.63. The van der Waals surface area contributed by atoms with E-state index in [1.807, 2.05) is 42.5 Å². The fourth-order valence-electron chi connectivity index (χ4n) is 3.89. The zero-order chi connectivity index (χ0) is 23.4. The number of aromatic nitrogens is 2. The van der Waals surface area contributed by atoms with E-state index < -0.39 is 0 Å². The maximum absolute atomic E-state index is 11.6. The Labute approximate surface area is 200 Å². The normalized spacial score (nSPS) is 16.8. The Hall–Kier alpha value is -3.10. The van der Waals surface area contributed by atoms with Crippen molar-refractivity contribution in [2.75, 3.05) is 37.0 Å². The Morgan fingerprint density at radius 3 is 2.64 bits per heavy atom. The van der Waals surface area contributed by atoms with Crippen molar-refractivity contribution in [1.82, 2.24) is 15.3 Å². The van der Waals surface area contributed by atoms with Crippen LogP contribution in [0, 0.1) is 6.92 Å². The van der Waals surface area contributed by atoms with Crippen molar-refractivity contribution in [2.24, 2.45) is 0 Å². The summed E-state index contributed by atoms with van der Waals surface area (Å²) in [5, 5.41) is 5.14. The SMILES string of the molecule is CNC(=O)Nc1ccc(-c2nc(C(S)c3ccccc3C)cc(N3CCOC[C@@H]3C)n2)cc1. The molecule has 1 unspecified atom stereocenters. The summed E-state index contributed by atoms with van der Waals surface area (Å²) in [6.45, 7) is 6.33. The van der Waals surface area contributed by atoms with E-state index in [9.17, 15) is 4.79 Å². The van der Waals surface area contributed by atoms with Crippen molar-refractivity contribution in [1.29, 1.82) is 0 Å². The number of thiol groups is 1. The van der Waals surface area contributed by atoms with Gasteiger partial charge in [0.1, 0.15) is 5.82 Å². The van der Waals surface area contributed by atoms with Gasteiger partial charge in [-0.15, -0.1) is 0 Å². The first-order chi connectivity index (χ1) is 16.0. The summed E-state index contributed by atoms with van der Waals surface area (Å²) in [5.41, 5.74) is 4.70. The lowest BCUT2D eigenvalue weighted by Crippen LogP contribution is -2.44. The fraction of sp³-hybridized carbons (Fsp3) is 0.320. The third kappa shape index (κ3) is 5.29. The van der Waals surface area contributed by atoms with Gasteiger partial charge in [0.05, 0.1) is 30.2 Å². The summed E-state index contributed by atoms with van der Waals surface area (Å²) in [7, 11) is 1.58. The van der Waals surface area contributed by atoms with Crippen LogP contribution in [0.4, 0.5) is 16.3 Å². The third-order valence-corrected chi connectivity index (χ3v) is 6.33. The Morgan fingerprint density at radius 1 is 1.18 bits per heavy atom. The largest absolute Gasteiger partial charge is 0.377 e. The molecule has 1 aliphatic heterocycles. The van der Waals surface area contributed by atoms with E-state index in [-0.39, 0.29) is 17.3 Å². The quantitative estimate of drug-likeness (QED) is 0.487. The maximum atomic E-state index is 11.6. The number of benzene rings is 2. The number of urea groups is 1. The van der Waals surface area contributed by atoms with Crippen LogP contribution in [0.5, 0.6) is 0 Å². The van der Waals surface area contributed by atoms with Gasteiger partial charge in [-0.3, -0.25) is 0 Å². The molecular formula is C25H29N5O2S. The van der Waals surface area contributed by atoms with Crippen LogP contribution in [0.3, 0.4) is 0 Å². The first-order valence-electron chi connectivity index (χ1n) is 11.0. The van der Waals surface area contributed by atoms with Crippen LogP contribution in [0.25, 0.3) is 11.4 Å². The number of hydrogen-bond acceptors (Lipinski definition) is 6. The smallest absolute Gasteiger partial charge is 0.318 e. The molecule has 2 amide bonds. The highest BCUT2D eigenvalue weighted by Crippen LogP contribution is 2.33.